The van der Waals surface area contributed by atoms with Crippen molar-refractivity contribution >= 4 is 29.4 Å². The van der Waals surface area contributed by atoms with Crippen LogP contribution in [0.3, 0.4) is 0 Å². The number of hydrogen-bond donors (Lipinski definition) is 2. The standard InChI is InChI=1S/C15H15FN2O2S/c1-21-18-14(19)10-5-4-6-11(9-10)17-15(20)12-7-2-3-8-13(12)16/h4-9H,2-3H2,1H3,(H,17,20)(H,18,19). The summed E-state index contributed by atoms with van der Waals surface area (Å²) >= 11 is 1.19. The van der Waals surface area contributed by atoms with E-state index >= 15 is 0 Å². The number of carbonyl (C=O) groups is 2. The van der Waals surface area contributed by atoms with E-state index in [1.54, 1.807) is 36.6 Å². The lowest BCUT2D eigenvalue weighted by atomic mass is 10.1. The van der Waals surface area contributed by atoms with Crippen molar-refractivity contribution in [2.45, 2.75) is 12.8 Å². The fraction of sp³-hybridized carbons (Fsp3) is 0.200. The summed E-state index contributed by atoms with van der Waals surface area (Å²) in [4.78, 5) is 23.7. The Morgan fingerprint density at radius 2 is 1.95 bits per heavy atom. The van der Waals surface area contributed by atoms with Gasteiger partial charge >= 0.3 is 0 Å². The van der Waals surface area contributed by atoms with Crippen LogP contribution in [0.2, 0.25) is 0 Å². The summed E-state index contributed by atoms with van der Waals surface area (Å²) in [6.07, 6.45) is 5.97. The van der Waals surface area contributed by atoms with E-state index in [9.17, 15) is 14.0 Å². The highest BCUT2D eigenvalue weighted by atomic mass is 32.2. The summed E-state index contributed by atoms with van der Waals surface area (Å²) in [5.74, 6) is -1.26. The molecule has 110 valence electrons. The Balaban J connectivity index is 2.11. The highest BCUT2D eigenvalue weighted by Gasteiger charge is 2.17. The summed E-state index contributed by atoms with van der Waals surface area (Å²) in [5, 5.41) is 2.60. The molecule has 6 heteroatoms. The minimum Gasteiger partial charge on any atom is -0.322 e. The summed E-state index contributed by atoms with van der Waals surface area (Å²) in [6, 6.07) is 6.50. The molecule has 0 aromatic heterocycles. The average molecular weight is 306 g/mol. The summed E-state index contributed by atoms with van der Waals surface area (Å²) in [7, 11) is 0. The molecule has 2 rings (SSSR count). The molecule has 4 nitrogen and oxygen atoms in total. The fourth-order valence-electron chi connectivity index (χ4n) is 1.93. The SMILES string of the molecule is CSNC(=O)c1cccc(NC(=O)C2=CCCC=C2F)c1. The summed E-state index contributed by atoms with van der Waals surface area (Å²) < 4.78 is 16.2. The van der Waals surface area contributed by atoms with Crippen LogP contribution in [0.25, 0.3) is 0 Å². The summed E-state index contributed by atoms with van der Waals surface area (Å²) in [6.45, 7) is 0. The molecule has 1 aliphatic rings. The molecule has 0 saturated heterocycles. The Kier molecular flexibility index (Phi) is 5.16. The van der Waals surface area contributed by atoms with Crippen LogP contribution in [-0.2, 0) is 4.79 Å². The highest BCUT2D eigenvalue weighted by Crippen LogP contribution is 2.21. The van der Waals surface area contributed by atoms with E-state index in [0.717, 1.165) is 0 Å². The van der Waals surface area contributed by atoms with E-state index in [-0.39, 0.29) is 11.5 Å². The Morgan fingerprint density at radius 1 is 1.19 bits per heavy atom. The zero-order chi connectivity index (χ0) is 15.2. The zero-order valence-corrected chi connectivity index (χ0v) is 12.3. The van der Waals surface area contributed by atoms with Gasteiger partial charge in [0, 0.05) is 17.5 Å². The highest BCUT2D eigenvalue weighted by molar-refractivity contribution is 7.97. The van der Waals surface area contributed by atoms with E-state index in [0.29, 0.717) is 24.1 Å². The lowest BCUT2D eigenvalue weighted by molar-refractivity contribution is -0.112. The van der Waals surface area contributed by atoms with Crippen LogP contribution in [-0.4, -0.2) is 18.1 Å². The van der Waals surface area contributed by atoms with Gasteiger partial charge in [0.15, 0.2) is 0 Å². The monoisotopic (exact) mass is 306 g/mol. The molecule has 0 fully saturated rings. The maximum Gasteiger partial charge on any atom is 0.261 e. The lowest BCUT2D eigenvalue weighted by Crippen LogP contribution is -2.18. The number of rotatable bonds is 4. The topological polar surface area (TPSA) is 58.2 Å². The van der Waals surface area contributed by atoms with E-state index < -0.39 is 11.7 Å². The molecule has 0 spiro atoms. The third-order valence-corrected chi connectivity index (χ3v) is 3.31. The maximum absolute atomic E-state index is 13.6. The molecule has 0 bridgehead atoms. The minimum atomic E-state index is -0.508. The molecule has 1 aromatic rings. The van der Waals surface area contributed by atoms with Crippen molar-refractivity contribution in [2.75, 3.05) is 11.6 Å². The molecule has 0 atom stereocenters. The molecule has 21 heavy (non-hydrogen) atoms. The Hall–Kier alpha value is -2.08. The number of amides is 2. The normalized spacial score (nSPS) is 14.0. The molecule has 0 unspecified atom stereocenters. The Morgan fingerprint density at radius 3 is 2.67 bits per heavy atom. The molecule has 1 aromatic carbocycles. The molecule has 0 saturated carbocycles. The van der Waals surface area contributed by atoms with Crippen molar-refractivity contribution in [1.29, 1.82) is 0 Å². The van der Waals surface area contributed by atoms with E-state index in [2.05, 4.69) is 10.0 Å². The van der Waals surface area contributed by atoms with Gasteiger partial charge in [-0.05, 0) is 37.1 Å². The van der Waals surface area contributed by atoms with Crippen LogP contribution >= 0.6 is 11.9 Å². The van der Waals surface area contributed by atoms with Crippen molar-refractivity contribution < 1.29 is 14.0 Å². The number of anilines is 1. The first-order valence-electron chi connectivity index (χ1n) is 6.42. The van der Waals surface area contributed by atoms with Crippen molar-refractivity contribution in [1.82, 2.24) is 4.72 Å². The van der Waals surface area contributed by atoms with Crippen LogP contribution in [0.5, 0.6) is 0 Å². The second-order valence-corrected chi connectivity index (χ2v) is 5.03. The predicted octanol–water partition coefficient (Wildman–Crippen LogP) is 3.21. The van der Waals surface area contributed by atoms with Gasteiger partial charge in [0.1, 0.15) is 5.83 Å². The number of benzene rings is 1. The van der Waals surface area contributed by atoms with Gasteiger partial charge in [-0.3, -0.25) is 14.3 Å². The molecule has 0 aliphatic heterocycles. The van der Waals surface area contributed by atoms with Crippen molar-refractivity contribution in [3.8, 4) is 0 Å². The quantitative estimate of drug-likeness (QED) is 0.840. The van der Waals surface area contributed by atoms with Crippen molar-refractivity contribution in [2.24, 2.45) is 0 Å². The first-order valence-corrected chi connectivity index (χ1v) is 7.65. The van der Waals surface area contributed by atoms with Gasteiger partial charge in [0.25, 0.3) is 11.8 Å². The number of nitrogens with one attached hydrogen (secondary N) is 2. The number of carbonyl (C=O) groups excluding carboxylic acids is 2. The smallest absolute Gasteiger partial charge is 0.261 e. The van der Waals surface area contributed by atoms with Gasteiger partial charge in [-0.1, -0.05) is 24.1 Å². The second kappa shape index (κ2) is 7.08. The molecule has 0 heterocycles. The lowest BCUT2D eigenvalue weighted by Gasteiger charge is -2.11. The molecule has 2 amide bonds. The van der Waals surface area contributed by atoms with Gasteiger partial charge in [-0.15, -0.1) is 0 Å². The third kappa shape index (κ3) is 3.95. The molecular formula is C15H15FN2O2S. The Labute approximate surface area is 126 Å². The maximum atomic E-state index is 13.6. The molecule has 2 N–H and O–H groups in total. The van der Waals surface area contributed by atoms with Gasteiger partial charge < -0.3 is 5.32 Å². The van der Waals surface area contributed by atoms with Gasteiger partial charge in [0.05, 0.1) is 5.57 Å². The predicted molar refractivity (Wildman–Crippen MR) is 82.6 cm³/mol. The largest absolute Gasteiger partial charge is 0.322 e. The first kappa shape index (κ1) is 15.3. The Bertz CT molecular complexity index is 626. The fourth-order valence-corrected chi connectivity index (χ4v) is 2.24. The van der Waals surface area contributed by atoms with Crippen LogP contribution in [0.4, 0.5) is 10.1 Å². The molecule has 0 radical (unpaired) electrons. The average Bonchev–Trinajstić information content (AvgIpc) is 2.48. The third-order valence-electron chi connectivity index (χ3n) is 2.92. The van der Waals surface area contributed by atoms with E-state index in [1.165, 1.54) is 18.0 Å². The number of hydrogen-bond acceptors (Lipinski definition) is 3. The second-order valence-electron chi connectivity index (χ2n) is 4.42. The van der Waals surface area contributed by atoms with Gasteiger partial charge in [0.2, 0.25) is 0 Å². The zero-order valence-electron chi connectivity index (χ0n) is 11.5. The van der Waals surface area contributed by atoms with E-state index in [4.69, 9.17) is 0 Å². The van der Waals surface area contributed by atoms with Crippen LogP contribution in [0.1, 0.15) is 23.2 Å². The van der Waals surface area contributed by atoms with Crippen molar-refractivity contribution in [3.05, 3.63) is 53.4 Å². The van der Waals surface area contributed by atoms with Crippen LogP contribution < -0.4 is 10.0 Å². The van der Waals surface area contributed by atoms with E-state index in [1.807, 2.05) is 0 Å². The van der Waals surface area contributed by atoms with Gasteiger partial charge in [-0.25, -0.2) is 4.39 Å². The van der Waals surface area contributed by atoms with Gasteiger partial charge in [-0.2, -0.15) is 0 Å². The molecular weight excluding hydrogens is 291 g/mol. The van der Waals surface area contributed by atoms with Crippen LogP contribution in [0.15, 0.2) is 47.8 Å². The van der Waals surface area contributed by atoms with Crippen molar-refractivity contribution in [3.63, 3.8) is 0 Å². The summed E-state index contributed by atoms with van der Waals surface area (Å²) in [5.41, 5.74) is 0.920. The number of allylic oxidation sites excluding steroid dienone is 2. The first-order chi connectivity index (χ1) is 10.1. The minimum absolute atomic E-state index is 0.0419. The molecule has 1 aliphatic carbocycles. The van der Waals surface area contributed by atoms with Crippen LogP contribution in [0, 0.1) is 0 Å². The number of halogens is 1.